The van der Waals surface area contributed by atoms with Crippen LogP contribution in [0, 0.1) is 0 Å². The first-order valence-electron chi connectivity index (χ1n) is 16.4. The molecule has 6 nitrogen and oxygen atoms in total. The van der Waals surface area contributed by atoms with Gasteiger partial charge in [0.05, 0.1) is 6.61 Å². The van der Waals surface area contributed by atoms with E-state index in [4.69, 9.17) is 9.47 Å². The van der Waals surface area contributed by atoms with E-state index in [9.17, 15) is 9.59 Å². The predicted octanol–water partition coefficient (Wildman–Crippen LogP) is 8.20. The average molecular weight is 667 g/mol. The lowest BCUT2D eigenvalue weighted by Crippen LogP contribution is -2.52. The van der Waals surface area contributed by atoms with Crippen molar-refractivity contribution in [2.45, 2.75) is 155 Å². The monoisotopic (exact) mass is 666 g/mol. The van der Waals surface area contributed by atoms with Crippen LogP contribution < -0.4 is 5.32 Å². The summed E-state index contributed by atoms with van der Waals surface area (Å²) in [6.45, 7) is 8.95. The minimum atomic E-state index is -0.0648. The first-order chi connectivity index (χ1) is 18.7. The number of piperazine rings is 1. The fraction of sp³-hybridized carbons (Fsp3) is 0.938. The zero-order valence-corrected chi connectivity index (χ0v) is 28.0. The van der Waals surface area contributed by atoms with Gasteiger partial charge < -0.3 is 14.8 Å². The van der Waals surface area contributed by atoms with Gasteiger partial charge in [-0.3, -0.25) is 14.5 Å². The topological polar surface area (TPSA) is 67.9 Å². The molecule has 232 valence electrons. The Kier molecular flexibility index (Phi) is 28.8. The molecule has 1 rings (SSSR count). The highest BCUT2D eigenvalue weighted by atomic mass is 127. The Bertz CT molecular complexity index is 516. The molecule has 1 fully saturated rings. The number of nitrogens with one attached hydrogen (secondary N) is 1. The third-order valence-electron chi connectivity index (χ3n) is 7.80. The van der Waals surface area contributed by atoms with E-state index in [1.807, 2.05) is 0 Å². The van der Waals surface area contributed by atoms with Crippen molar-refractivity contribution in [3.05, 3.63) is 0 Å². The summed E-state index contributed by atoms with van der Waals surface area (Å²) in [6, 6.07) is 0.320. The first-order valence-corrected chi connectivity index (χ1v) is 16.4. The highest BCUT2D eigenvalue weighted by molar-refractivity contribution is 14.0. The van der Waals surface area contributed by atoms with E-state index in [0.717, 1.165) is 58.3 Å². The van der Waals surface area contributed by atoms with Crippen molar-refractivity contribution in [3.63, 3.8) is 0 Å². The number of halogens is 1. The second kappa shape index (κ2) is 29.1. The highest BCUT2D eigenvalue weighted by Crippen LogP contribution is 2.13. The summed E-state index contributed by atoms with van der Waals surface area (Å²) in [7, 11) is 0. The second-order valence-electron chi connectivity index (χ2n) is 11.3. The van der Waals surface area contributed by atoms with Crippen molar-refractivity contribution in [1.82, 2.24) is 10.2 Å². The van der Waals surface area contributed by atoms with Gasteiger partial charge in [-0.2, -0.15) is 0 Å². The van der Waals surface area contributed by atoms with Crippen molar-refractivity contribution in [2.75, 3.05) is 39.4 Å². The minimum absolute atomic E-state index is 0. The summed E-state index contributed by atoms with van der Waals surface area (Å²) in [5.41, 5.74) is 0. The zero-order valence-electron chi connectivity index (χ0n) is 25.7. The lowest BCUT2D eigenvalue weighted by Gasteiger charge is -2.35. The molecular weight excluding hydrogens is 603 g/mol. The van der Waals surface area contributed by atoms with E-state index in [1.54, 1.807) is 0 Å². The van der Waals surface area contributed by atoms with Crippen LogP contribution in [0.25, 0.3) is 0 Å². The molecule has 0 radical (unpaired) electrons. The molecule has 0 saturated carbocycles. The molecule has 0 bridgehead atoms. The minimum Gasteiger partial charge on any atom is -0.466 e. The maximum Gasteiger partial charge on any atom is 0.305 e. The van der Waals surface area contributed by atoms with Crippen molar-refractivity contribution in [3.8, 4) is 0 Å². The Morgan fingerprint density at radius 3 is 1.59 bits per heavy atom. The molecule has 1 atom stereocenters. The molecule has 1 heterocycles. The number of carbonyl (C=O) groups is 2. The number of hydrogen-bond acceptors (Lipinski definition) is 6. The van der Waals surface area contributed by atoms with Crippen molar-refractivity contribution in [2.24, 2.45) is 0 Å². The number of hydrogen-bond donors (Lipinski definition) is 1. The number of ether oxygens (including phenoxy) is 2. The largest absolute Gasteiger partial charge is 0.466 e. The third kappa shape index (κ3) is 23.9. The van der Waals surface area contributed by atoms with Gasteiger partial charge in [-0.15, -0.1) is 24.0 Å². The van der Waals surface area contributed by atoms with Crippen LogP contribution in [0.5, 0.6) is 0 Å². The van der Waals surface area contributed by atoms with E-state index in [-0.39, 0.29) is 35.9 Å². The smallest absolute Gasteiger partial charge is 0.305 e. The average Bonchev–Trinajstić information content (AvgIpc) is 2.92. The number of unbranched alkanes of at least 4 members (excludes halogenated alkanes) is 16. The molecule has 0 aromatic heterocycles. The SMILES string of the molecule is CCCCCCCCCCCC(=O)OCCC1CNCCN1CCOC(=O)CCCCCCCCCCC.I. The quantitative estimate of drug-likeness (QED) is 0.0571. The van der Waals surface area contributed by atoms with Crippen molar-refractivity contribution < 1.29 is 19.1 Å². The molecule has 1 N–H and O–H groups in total. The molecule has 0 aromatic carbocycles. The van der Waals surface area contributed by atoms with Gasteiger partial charge in [0, 0.05) is 45.1 Å². The van der Waals surface area contributed by atoms with Crippen LogP contribution in [0.1, 0.15) is 149 Å². The fourth-order valence-corrected chi connectivity index (χ4v) is 5.27. The number of esters is 2. The Hall–Kier alpha value is -0.410. The Morgan fingerprint density at radius 1 is 0.667 bits per heavy atom. The van der Waals surface area contributed by atoms with Gasteiger partial charge >= 0.3 is 11.9 Å². The van der Waals surface area contributed by atoms with Crippen molar-refractivity contribution >= 4 is 35.9 Å². The van der Waals surface area contributed by atoms with E-state index in [0.29, 0.717) is 32.1 Å². The molecule has 39 heavy (non-hydrogen) atoms. The normalized spacial score (nSPS) is 15.6. The lowest BCUT2D eigenvalue weighted by molar-refractivity contribution is -0.146. The number of nitrogens with zero attached hydrogens (tertiary/aromatic N) is 1. The molecule has 1 unspecified atom stereocenters. The maximum atomic E-state index is 12.1. The van der Waals surface area contributed by atoms with E-state index in [2.05, 4.69) is 24.1 Å². The van der Waals surface area contributed by atoms with Gasteiger partial charge in [-0.05, 0) is 19.3 Å². The summed E-state index contributed by atoms with van der Waals surface area (Å²) < 4.78 is 11.0. The summed E-state index contributed by atoms with van der Waals surface area (Å²) in [5, 5.41) is 3.44. The standard InChI is InChI=1S/C32H62N2O4.HI/c1-3-5-7-9-11-13-15-17-19-21-31(35)37-27-23-30-29-33-24-25-34(30)26-28-38-32(36)22-20-18-16-14-12-10-8-6-4-2;/h30,33H,3-29H2,1-2H3;1H. The van der Waals surface area contributed by atoms with Gasteiger partial charge in [-0.1, -0.05) is 117 Å². The molecule has 0 spiro atoms. The summed E-state index contributed by atoms with van der Waals surface area (Å²) >= 11 is 0. The van der Waals surface area contributed by atoms with Crippen LogP contribution in [0.4, 0.5) is 0 Å². The van der Waals surface area contributed by atoms with Crippen LogP contribution in [-0.4, -0.2) is 62.3 Å². The van der Waals surface area contributed by atoms with Crippen molar-refractivity contribution in [1.29, 1.82) is 0 Å². The van der Waals surface area contributed by atoms with Crippen LogP contribution >= 0.6 is 24.0 Å². The van der Waals surface area contributed by atoms with E-state index in [1.165, 1.54) is 89.9 Å². The molecule has 1 aliphatic heterocycles. The van der Waals surface area contributed by atoms with Gasteiger partial charge in [0.25, 0.3) is 0 Å². The highest BCUT2D eigenvalue weighted by Gasteiger charge is 2.22. The molecule has 1 aliphatic rings. The Labute approximate surface area is 258 Å². The summed E-state index contributed by atoms with van der Waals surface area (Å²) in [4.78, 5) is 26.6. The van der Waals surface area contributed by atoms with E-state index >= 15 is 0 Å². The van der Waals surface area contributed by atoms with Gasteiger partial charge in [0.1, 0.15) is 6.61 Å². The van der Waals surface area contributed by atoms with E-state index < -0.39 is 0 Å². The Balaban J connectivity index is 0.0000144. The Morgan fingerprint density at radius 2 is 1.10 bits per heavy atom. The van der Waals surface area contributed by atoms with Gasteiger partial charge in [0.15, 0.2) is 0 Å². The lowest BCUT2D eigenvalue weighted by atomic mass is 10.1. The zero-order chi connectivity index (χ0) is 27.5. The van der Waals surface area contributed by atoms with Crippen LogP contribution in [0.15, 0.2) is 0 Å². The molecule has 1 saturated heterocycles. The fourth-order valence-electron chi connectivity index (χ4n) is 5.27. The second-order valence-corrected chi connectivity index (χ2v) is 11.3. The first kappa shape index (κ1) is 38.6. The molecule has 0 aliphatic carbocycles. The summed E-state index contributed by atoms with van der Waals surface area (Å²) in [5.74, 6) is -0.126. The molecule has 0 aromatic rings. The van der Waals surface area contributed by atoms with Gasteiger partial charge in [-0.25, -0.2) is 0 Å². The summed E-state index contributed by atoms with van der Waals surface area (Å²) in [6.07, 6.45) is 24.5. The van der Waals surface area contributed by atoms with Crippen LogP contribution in [0.3, 0.4) is 0 Å². The number of carbonyl (C=O) groups excluding carboxylic acids is 2. The molecule has 0 amide bonds. The van der Waals surface area contributed by atoms with Crippen LogP contribution in [-0.2, 0) is 19.1 Å². The predicted molar refractivity (Wildman–Crippen MR) is 174 cm³/mol. The third-order valence-corrected chi connectivity index (χ3v) is 7.80. The molecule has 7 heteroatoms. The number of rotatable bonds is 26. The maximum absolute atomic E-state index is 12.1. The van der Waals surface area contributed by atoms with Crippen LogP contribution in [0.2, 0.25) is 0 Å². The molecular formula is C32H63IN2O4. The van der Waals surface area contributed by atoms with Gasteiger partial charge in [0.2, 0.25) is 0 Å².